The SMILES string of the molecule is Nc1cc(C(F)(F)F)ccc1SCCSc1ccccc1. The highest BCUT2D eigenvalue weighted by Gasteiger charge is 2.30. The zero-order chi connectivity index (χ0) is 15.3. The van der Waals surface area contributed by atoms with Gasteiger partial charge in [-0.2, -0.15) is 13.2 Å². The van der Waals surface area contributed by atoms with E-state index >= 15 is 0 Å². The van der Waals surface area contributed by atoms with Crippen molar-refractivity contribution in [3.05, 3.63) is 54.1 Å². The van der Waals surface area contributed by atoms with Crippen molar-refractivity contribution in [2.75, 3.05) is 17.2 Å². The van der Waals surface area contributed by atoms with Gasteiger partial charge in [-0.1, -0.05) is 18.2 Å². The molecule has 0 saturated carbocycles. The fourth-order valence-corrected chi connectivity index (χ4v) is 3.55. The van der Waals surface area contributed by atoms with Gasteiger partial charge in [-0.3, -0.25) is 0 Å². The Morgan fingerprint density at radius 1 is 0.905 bits per heavy atom. The number of benzene rings is 2. The van der Waals surface area contributed by atoms with E-state index in [1.54, 1.807) is 11.8 Å². The number of nitrogens with two attached hydrogens (primary N) is 1. The average molecular weight is 329 g/mol. The number of hydrogen-bond acceptors (Lipinski definition) is 3. The molecule has 0 saturated heterocycles. The maximum atomic E-state index is 12.5. The molecule has 0 atom stereocenters. The fraction of sp³-hybridized carbons (Fsp3) is 0.200. The summed E-state index contributed by atoms with van der Waals surface area (Å²) in [7, 11) is 0. The lowest BCUT2D eigenvalue weighted by molar-refractivity contribution is -0.137. The summed E-state index contributed by atoms with van der Waals surface area (Å²) >= 11 is 3.18. The number of halogens is 3. The van der Waals surface area contributed by atoms with Crippen molar-refractivity contribution >= 4 is 29.2 Å². The molecule has 0 fully saturated rings. The first-order valence-corrected chi connectivity index (χ1v) is 8.21. The predicted octanol–water partition coefficient (Wildman–Crippen LogP) is 5.17. The van der Waals surface area contributed by atoms with E-state index in [9.17, 15) is 13.2 Å². The number of nitrogen functional groups attached to an aromatic ring is 1. The Balaban J connectivity index is 1.86. The number of anilines is 1. The molecule has 0 aliphatic carbocycles. The van der Waals surface area contributed by atoms with Crippen molar-refractivity contribution in [2.24, 2.45) is 0 Å². The first-order chi connectivity index (χ1) is 9.97. The van der Waals surface area contributed by atoms with Gasteiger partial charge in [0.05, 0.1) is 5.56 Å². The van der Waals surface area contributed by atoms with Gasteiger partial charge in [0.25, 0.3) is 0 Å². The maximum absolute atomic E-state index is 12.5. The zero-order valence-electron chi connectivity index (χ0n) is 11.1. The van der Waals surface area contributed by atoms with Gasteiger partial charge in [-0.05, 0) is 30.3 Å². The van der Waals surface area contributed by atoms with Gasteiger partial charge in [-0.15, -0.1) is 23.5 Å². The Hall–Kier alpha value is -1.27. The fourth-order valence-electron chi connectivity index (χ4n) is 1.68. The summed E-state index contributed by atoms with van der Waals surface area (Å²) in [6.07, 6.45) is -4.35. The summed E-state index contributed by atoms with van der Waals surface area (Å²) in [5.41, 5.74) is 5.16. The van der Waals surface area contributed by atoms with Crippen LogP contribution < -0.4 is 5.73 Å². The topological polar surface area (TPSA) is 26.0 Å². The molecule has 0 aliphatic heterocycles. The van der Waals surface area contributed by atoms with Crippen molar-refractivity contribution in [2.45, 2.75) is 16.0 Å². The number of alkyl halides is 3. The third-order valence-electron chi connectivity index (χ3n) is 2.69. The third kappa shape index (κ3) is 4.89. The monoisotopic (exact) mass is 329 g/mol. The van der Waals surface area contributed by atoms with Crippen LogP contribution >= 0.6 is 23.5 Å². The highest BCUT2D eigenvalue weighted by molar-refractivity contribution is 8.03. The summed E-state index contributed by atoms with van der Waals surface area (Å²) in [5.74, 6) is 1.66. The van der Waals surface area contributed by atoms with E-state index in [1.807, 2.05) is 30.3 Å². The quantitative estimate of drug-likeness (QED) is 0.465. The molecular weight excluding hydrogens is 315 g/mol. The van der Waals surface area contributed by atoms with Crippen LogP contribution in [0.3, 0.4) is 0 Å². The Kier molecular flexibility index (Phi) is 5.47. The molecule has 6 heteroatoms. The summed E-state index contributed by atoms with van der Waals surface area (Å²) < 4.78 is 37.6. The van der Waals surface area contributed by atoms with Crippen molar-refractivity contribution in [1.82, 2.24) is 0 Å². The van der Waals surface area contributed by atoms with Crippen LogP contribution in [0.2, 0.25) is 0 Å². The Morgan fingerprint density at radius 3 is 2.19 bits per heavy atom. The van der Waals surface area contributed by atoms with Crippen molar-refractivity contribution in [1.29, 1.82) is 0 Å². The largest absolute Gasteiger partial charge is 0.416 e. The zero-order valence-corrected chi connectivity index (χ0v) is 12.7. The van der Waals surface area contributed by atoms with Crippen molar-refractivity contribution in [3.8, 4) is 0 Å². The van der Waals surface area contributed by atoms with E-state index in [4.69, 9.17) is 5.73 Å². The van der Waals surface area contributed by atoms with Gasteiger partial charge in [0, 0.05) is 27.0 Å². The van der Waals surface area contributed by atoms with Crippen LogP contribution in [0.15, 0.2) is 58.3 Å². The second-order valence-electron chi connectivity index (χ2n) is 4.26. The van der Waals surface area contributed by atoms with E-state index in [1.165, 1.54) is 22.7 Å². The van der Waals surface area contributed by atoms with E-state index in [-0.39, 0.29) is 5.69 Å². The van der Waals surface area contributed by atoms with Gasteiger partial charge >= 0.3 is 6.18 Å². The average Bonchev–Trinajstić information content (AvgIpc) is 2.45. The molecule has 2 rings (SSSR count). The van der Waals surface area contributed by atoms with E-state index in [2.05, 4.69) is 0 Å². The maximum Gasteiger partial charge on any atom is 0.416 e. The molecule has 21 heavy (non-hydrogen) atoms. The molecule has 0 radical (unpaired) electrons. The van der Waals surface area contributed by atoms with Crippen LogP contribution in [-0.2, 0) is 6.18 Å². The van der Waals surface area contributed by atoms with Crippen LogP contribution in [0.4, 0.5) is 18.9 Å². The summed E-state index contributed by atoms with van der Waals surface area (Å²) in [6, 6.07) is 13.5. The Morgan fingerprint density at radius 2 is 1.57 bits per heavy atom. The molecule has 0 heterocycles. The number of hydrogen-bond donors (Lipinski definition) is 1. The summed E-state index contributed by atoms with van der Waals surface area (Å²) in [6.45, 7) is 0. The van der Waals surface area contributed by atoms with Crippen molar-refractivity contribution < 1.29 is 13.2 Å². The molecule has 112 valence electrons. The molecular formula is C15H14F3NS2. The molecule has 0 bridgehead atoms. The number of thioether (sulfide) groups is 2. The molecule has 0 spiro atoms. The van der Waals surface area contributed by atoms with Crippen LogP contribution in [0.1, 0.15) is 5.56 Å². The molecule has 0 aromatic heterocycles. The minimum absolute atomic E-state index is 0.180. The molecule has 1 nitrogen and oxygen atoms in total. The lowest BCUT2D eigenvalue weighted by Gasteiger charge is -2.10. The van der Waals surface area contributed by atoms with Gasteiger partial charge in [0.1, 0.15) is 0 Å². The van der Waals surface area contributed by atoms with E-state index < -0.39 is 11.7 Å². The Labute approximate surface area is 130 Å². The Bertz CT molecular complexity index is 585. The van der Waals surface area contributed by atoms with Gasteiger partial charge < -0.3 is 5.73 Å². The smallest absolute Gasteiger partial charge is 0.398 e. The molecule has 0 aliphatic rings. The minimum atomic E-state index is -4.35. The second-order valence-corrected chi connectivity index (χ2v) is 6.57. The molecule has 2 N–H and O–H groups in total. The van der Waals surface area contributed by atoms with Crippen LogP contribution in [-0.4, -0.2) is 11.5 Å². The molecule has 0 amide bonds. The van der Waals surface area contributed by atoms with Crippen LogP contribution in [0.25, 0.3) is 0 Å². The summed E-state index contributed by atoms with van der Waals surface area (Å²) in [4.78, 5) is 1.87. The first-order valence-electron chi connectivity index (χ1n) is 6.24. The summed E-state index contributed by atoms with van der Waals surface area (Å²) in [5, 5.41) is 0. The highest BCUT2D eigenvalue weighted by Crippen LogP contribution is 2.34. The standard InChI is InChI=1S/C15H14F3NS2/c16-15(17,18)11-6-7-14(13(19)10-11)21-9-8-20-12-4-2-1-3-5-12/h1-7,10H,8-9,19H2. The molecule has 2 aromatic rings. The minimum Gasteiger partial charge on any atom is -0.398 e. The molecule has 2 aromatic carbocycles. The number of rotatable bonds is 5. The molecule has 0 unspecified atom stereocenters. The van der Waals surface area contributed by atoms with Gasteiger partial charge in [-0.25, -0.2) is 0 Å². The lowest BCUT2D eigenvalue weighted by atomic mass is 10.2. The second kappa shape index (κ2) is 7.13. The van der Waals surface area contributed by atoms with E-state index in [0.717, 1.165) is 23.6 Å². The highest BCUT2D eigenvalue weighted by atomic mass is 32.2. The van der Waals surface area contributed by atoms with E-state index in [0.29, 0.717) is 4.90 Å². The van der Waals surface area contributed by atoms with Gasteiger partial charge in [0.2, 0.25) is 0 Å². The normalized spacial score (nSPS) is 11.6. The van der Waals surface area contributed by atoms with Crippen molar-refractivity contribution in [3.63, 3.8) is 0 Å². The first kappa shape index (κ1) is 16.1. The van der Waals surface area contributed by atoms with Crippen LogP contribution in [0, 0.1) is 0 Å². The lowest BCUT2D eigenvalue weighted by Crippen LogP contribution is -2.05. The third-order valence-corrected chi connectivity index (χ3v) is 5.05. The van der Waals surface area contributed by atoms with Gasteiger partial charge in [0.15, 0.2) is 0 Å². The predicted molar refractivity (Wildman–Crippen MR) is 83.7 cm³/mol. The van der Waals surface area contributed by atoms with Crippen LogP contribution in [0.5, 0.6) is 0 Å².